The smallest absolute Gasteiger partial charge is 0.214 e. The fraction of sp³-hybridized carbons (Fsp3) is 1.00. The second-order valence-electron chi connectivity index (χ2n) is 3.38. The molecule has 1 fully saturated rings. The maximum absolute atomic E-state index is 11.8. The van der Waals surface area contributed by atoms with Gasteiger partial charge in [-0.25, -0.2) is 8.42 Å². The van der Waals surface area contributed by atoms with E-state index in [0.717, 1.165) is 0 Å². The average molecular weight is 258 g/mol. The molecule has 0 saturated carbocycles. The maximum Gasteiger partial charge on any atom is 0.214 e. The highest BCUT2D eigenvalue weighted by Gasteiger charge is 2.31. The molecule has 1 aliphatic heterocycles. The van der Waals surface area contributed by atoms with Gasteiger partial charge in [0.2, 0.25) is 10.0 Å². The van der Waals surface area contributed by atoms with Crippen LogP contribution < -0.4 is 0 Å². The molecule has 0 aromatic carbocycles. The zero-order valence-electron chi connectivity index (χ0n) is 8.43. The molecule has 1 saturated heterocycles. The van der Waals surface area contributed by atoms with Gasteiger partial charge < -0.3 is 9.84 Å². The van der Waals surface area contributed by atoms with Crippen molar-refractivity contribution in [2.45, 2.75) is 12.5 Å². The van der Waals surface area contributed by atoms with E-state index in [4.69, 9.17) is 21.4 Å². The van der Waals surface area contributed by atoms with E-state index in [-0.39, 0.29) is 19.0 Å². The summed E-state index contributed by atoms with van der Waals surface area (Å²) in [6, 6.07) is -0.445. The van der Waals surface area contributed by atoms with Crippen molar-refractivity contribution in [1.82, 2.24) is 4.31 Å². The molecule has 0 aliphatic carbocycles. The minimum atomic E-state index is -3.30. The van der Waals surface area contributed by atoms with Gasteiger partial charge in [-0.15, -0.1) is 11.6 Å². The number of ether oxygens (including phenoxy) is 1. The summed E-state index contributed by atoms with van der Waals surface area (Å²) in [6.45, 7) is 0.753. The predicted octanol–water partition coefficient (Wildman–Crippen LogP) is -0.362. The fourth-order valence-corrected chi connectivity index (χ4v) is 3.47. The summed E-state index contributed by atoms with van der Waals surface area (Å²) in [4.78, 5) is 0. The van der Waals surface area contributed by atoms with Crippen LogP contribution in [0.3, 0.4) is 0 Å². The molecule has 15 heavy (non-hydrogen) atoms. The highest BCUT2D eigenvalue weighted by molar-refractivity contribution is 7.89. The molecule has 1 aliphatic rings. The van der Waals surface area contributed by atoms with Crippen molar-refractivity contribution in [3.8, 4) is 0 Å². The normalized spacial score (nSPS) is 24.3. The van der Waals surface area contributed by atoms with Gasteiger partial charge in [-0.2, -0.15) is 4.31 Å². The lowest BCUT2D eigenvalue weighted by Crippen LogP contribution is -2.51. The Morgan fingerprint density at radius 1 is 1.53 bits per heavy atom. The number of hydrogen-bond acceptors (Lipinski definition) is 4. The predicted molar refractivity (Wildman–Crippen MR) is 57.5 cm³/mol. The van der Waals surface area contributed by atoms with Crippen LogP contribution in [0.2, 0.25) is 0 Å². The molecule has 1 rings (SSSR count). The Bertz CT molecular complexity index is 282. The van der Waals surface area contributed by atoms with Gasteiger partial charge in [-0.3, -0.25) is 0 Å². The molecule has 0 bridgehead atoms. The van der Waals surface area contributed by atoms with Gasteiger partial charge in [-0.1, -0.05) is 0 Å². The van der Waals surface area contributed by atoms with Crippen molar-refractivity contribution in [1.29, 1.82) is 0 Å². The van der Waals surface area contributed by atoms with Gasteiger partial charge in [0.1, 0.15) is 0 Å². The van der Waals surface area contributed by atoms with Crippen molar-refractivity contribution >= 4 is 21.6 Å². The van der Waals surface area contributed by atoms with E-state index < -0.39 is 16.1 Å². The quantitative estimate of drug-likeness (QED) is 0.683. The van der Waals surface area contributed by atoms with Gasteiger partial charge in [0, 0.05) is 12.4 Å². The molecule has 0 amide bonds. The van der Waals surface area contributed by atoms with Crippen molar-refractivity contribution in [2.24, 2.45) is 0 Å². The number of alkyl halides is 1. The van der Waals surface area contributed by atoms with Crippen molar-refractivity contribution in [3.63, 3.8) is 0 Å². The minimum Gasteiger partial charge on any atom is -0.395 e. The molecule has 1 N–H and O–H groups in total. The monoisotopic (exact) mass is 257 g/mol. The van der Waals surface area contributed by atoms with Crippen molar-refractivity contribution < 1.29 is 18.3 Å². The summed E-state index contributed by atoms with van der Waals surface area (Å²) in [5.41, 5.74) is 0. The van der Waals surface area contributed by atoms with E-state index >= 15 is 0 Å². The average Bonchev–Trinajstić information content (AvgIpc) is 2.26. The van der Waals surface area contributed by atoms with Crippen LogP contribution in [0.4, 0.5) is 0 Å². The van der Waals surface area contributed by atoms with Crippen LogP contribution in [0.25, 0.3) is 0 Å². The van der Waals surface area contributed by atoms with E-state index in [1.165, 1.54) is 4.31 Å². The molecule has 1 atom stereocenters. The third-order valence-corrected chi connectivity index (χ3v) is 4.54. The van der Waals surface area contributed by atoms with E-state index in [1.54, 1.807) is 0 Å². The van der Waals surface area contributed by atoms with Crippen LogP contribution in [-0.2, 0) is 14.8 Å². The van der Waals surface area contributed by atoms with E-state index in [1.807, 2.05) is 0 Å². The van der Waals surface area contributed by atoms with Crippen molar-refractivity contribution in [3.05, 3.63) is 0 Å². The van der Waals surface area contributed by atoms with Gasteiger partial charge in [0.15, 0.2) is 0 Å². The maximum atomic E-state index is 11.8. The second kappa shape index (κ2) is 6.00. The number of aliphatic hydroxyl groups excluding tert-OH is 1. The summed E-state index contributed by atoms with van der Waals surface area (Å²) in [7, 11) is -3.30. The number of sulfonamides is 1. The molecule has 0 spiro atoms. The molecule has 90 valence electrons. The summed E-state index contributed by atoms with van der Waals surface area (Å²) < 4.78 is 30.1. The molecular weight excluding hydrogens is 242 g/mol. The third kappa shape index (κ3) is 3.57. The van der Waals surface area contributed by atoms with Crippen LogP contribution >= 0.6 is 11.6 Å². The lowest BCUT2D eigenvalue weighted by Gasteiger charge is -2.33. The Balaban J connectivity index is 2.65. The van der Waals surface area contributed by atoms with Gasteiger partial charge >= 0.3 is 0 Å². The van der Waals surface area contributed by atoms with Crippen LogP contribution in [0.1, 0.15) is 6.42 Å². The largest absolute Gasteiger partial charge is 0.395 e. The molecule has 0 aromatic heterocycles. The first-order valence-corrected chi connectivity index (χ1v) is 7.00. The van der Waals surface area contributed by atoms with Crippen LogP contribution in [-0.4, -0.2) is 61.9 Å². The van der Waals surface area contributed by atoms with E-state index in [2.05, 4.69) is 0 Å². The highest BCUT2D eigenvalue weighted by Crippen LogP contribution is 2.13. The third-order valence-electron chi connectivity index (χ3n) is 2.28. The minimum absolute atomic E-state index is 0.0347. The van der Waals surface area contributed by atoms with Gasteiger partial charge in [0.05, 0.1) is 31.6 Å². The van der Waals surface area contributed by atoms with Crippen molar-refractivity contribution in [2.75, 3.05) is 38.0 Å². The molecule has 0 aromatic rings. The molecule has 7 heteroatoms. The Labute approximate surface area is 95.0 Å². The number of hydrogen-bond donors (Lipinski definition) is 1. The van der Waals surface area contributed by atoms with E-state index in [0.29, 0.717) is 25.5 Å². The fourth-order valence-electron chi connectivity index (χ4n) is 1.50. The zero-order valence-corrected chi connectivity index (χ0v) is 10.0. The SMILES string of the molecule is O=S(=O)(CCCCl)N1CCOCC1CO. The molecular formula is C8H16ClNO4S. The highest BCUT2D eigenvalue weighted by atomic mass is 35.5. The van der Waals surface area contributed by atoms with Gasteiger partial charge in [0.25, 0.3) is 0 Å². The Morgan fingerprint density at radius 2 is 2.27 bits per heavy atom. The zero-order chi connectivity index (χ0) is 11.3. The number of rotatable bonds is 5. The number of aliphatic hydroxyl groups is 1. The molecule has 0 radical (unpaired) electrons. The van der Waals surface area contributed by atoms with E-state index in [9.17, 15) is 8.42 Å². The summed E-state index contributed by atoms with van der Waals surface area (Å²) in [6.07, 6.45) is 0.430. The first kappa shape index (κ1) is 13.2. The van der Waals surface area contributed by atoms with Crippen LogP contribution in [0.5, 0.6) is 0 Å². The molecule has 1 heterocycles. The summed E-state index contributed by atoms with van der Waals surface area (Å²) in [5, 5.41) is 9.04. The first-order chi connectivity index (χ1) is 7.11. The number of morpholine rings is 1. The number of nitrogens with zero attached hydrogens (tertiary/aromatic N) is 1. The molecule has 5 nitrogen and oxygen atoms in total. The second-order valence-corrected chi connectivity index (χ2v) is 5.80. The van der Waals surface area contributed by atoms with Crippen LogP contribution in [0.15, 0.2) is 0 Å². The lowest BCUT2D eigenvalue weighted by molar-refractivity contribution is 0.0109. The topological polar surface area (TPSA) is 66.8 Å². The number of halogens is 1. The Morgan fingerprint density at radius 3 is 2.87 bits per heavy atom. The Hall–Kier alpha value is 0.120. The first-order valence-electron chi connectivity index (χ1n) is 4.86. The lowest BCUT2D eigenvalue weighted by atomic mass is 10.3. The standard InChI is InChI=1S/C8H16ClNO4S/c9-2-1-5-15(12,13)10-3-4-14-7-8(10)6-11/h8,11H,1-7H2. The Kier molecular flexibility index (Phi) is 5.28. The van der Waals surface area contributed by atoms with Crippen LogP contribution in [0, 0.1) is 0 Å². The molecule has 1 unspecified atom stereocenters. The summed E-state index contributed by atoms with van der Waals surface area (Å²) >= 11 is 5.46. The van der Waals surface area contributed by atoms with Gasteiger partial charge in [-0.05, 0) is 6.42 Å². The summed E-state index contributed by atoms with van der Waals surface area (Å²) in [5.74, 6) is 0.361.